The van der Waals surface area contributed by atoms with E-state index < -0.39 is 5.97 Å². The number of aromatic nitrogens is 1. The van der Waals surface area contributed by atoms with E-state index in [1.54, 1.807) is 11.3 Å². The zero-order valence-corrected chi connectivity index (χ0v) is 10.6. The Morgan fingerprint density at radius 2 is 2.33 bits per heavy atom. The summed E-state index contributed by atoms with van der Waals surface area (Å²) in [6.45, 7) is 0.203. The van der Waals surface area contributed by atoms with Crippen molar-refractivity contribution in [3.63, 3.8) is 0 Å². The Bertz CT molecular complexity index is 589. The standard InChI is InChI=1S/C13H13NO3S/c15-12(16)5-6-17-9-3-4-10-11(7-9)18-13(14-10)8-1-2-8/h3-4,7-8H,1-2,5-6H2,(H,15,16). The number of hydrogen-bond donors (Lipinski definition) is 1. The van der Waals surface area contributed by atoms with E-state index in [4.69, 9.17) is 9.84 Å². The molecular formula is C13H13NO3S. The minimum absolute atomic E-state index is 0.0219. The molecule has 18 heavy (non-hydrogen) atoms. The highest BCUT2D eigenvalue weighted by molar-refractivity contribution is 7.18. The van der Waals surface area contributed by atoms with E-state index in [0.717, 1.165) is 16.0 Å². The van der Waals surface area contributed by atoms with Crippen molar-refractivity contribution < 1.29 is 14.6 Å². The minimum Gasteiger partial charge on any atom is -0.493 e. The molecule has 2 aromatic rings. The number of carboxylic acid groups (broad SMARTS) is 1. The third-order valence-corrected chi connectivity index (χ3v) is 4.07. The van der Waals surface area contributed by atoms with Crippen molar-refractivity contribution in [3.8, 4) is 5.75 Å². The van der Waals surface area contributed by atoms with Crippen LogP contribution in [-0.4, -0.2) is 22.7 Å². The molecule has 0 saturated heterocycles. The number of rotatable bonds is 5. The van der Waals surface area contributed by atoms with Crippen LogP contribution in [0.15, 0.2) is 18.2 Å². The first kappa shape index (κ1) is 11.5. The fourth-order valence-electron chi connectivity index (χ4n) is 1.77. The summed E-state index contributed by atoms with van der Waals surface area (Å²) in [5, 5.41) is 9.76. The Balaban J connectivity index is 1.75. The molecular weight excluding hydrogens is 250 g/mol. The van der Waals surface area contributed by atoms with Gasteiger partial charge in [0.1, 0.15) is 5.75 Å². The van der Waals surface area contributed by atoms with Gasteiger partial charge in [0.05, 0.1) is 28.3 Å². The first-order chi connectivity index (χ1) is 8.72. The van der Waals surface area contributed by atoms with Gasteiger partial charge < -0.3 is 9.84 Å². The molecule has 1 aromatic heterocycles. The van der Waals surface area contributed by atoms with E-state index in [-0.39, 0.29) is 13.0 Å². The molecule has 0 radical (unpaired) electrons. The van der Waals surface area contributed by atoms with E-state index in [1.165, 1.54) is 17.8 Å². The van der Waals surface area contributed by atoms with Crippen LogP contribution in [0.2, 0.25) is 0 Å². The maximum Gasteiger partial charge on any atom is 0.306 e. The van der Waals surface area contributed by atoms with Gasteiger partial charge in [0, 0.05) is 5.92 Å². The summed E-state index contributed by atoms with van der Waals surface area (Å²) in [4.78, 5) is 15.0. The SMILES string of the molecule is O=C(O)CCOc1ccc2nc(C3CC3)sc2c1. The highest BCUT2D eigenvalue weighted by Gasteiger charge is 2.26. The predicted octanol–water partition coefficient (Wildman–Crippen LogP) is 3.03. The van der Waals surface area contributed by atoms with E-state index in [2.05, 4.69) is 4.98 Å². The number of aliphatic carboxylic acids is 1. The highest BCUT2D eigenvalue weighted by atomic mass is 32.1. The lowest BCUT2D eigenvalue weighted by Gasteiger charge is -2.03. The Kier molecular flexibility index (Phi) is 2.91. The summed E-state index contributed by atoms with van der Waals surface area (Å²) in [5.41, 5.74) is 1.01. The average Bonchev–Trinajstić information content (AvgIpc) is 3.09. The molecule has 0 bridgehead atoms. The van der Waals surface area contributed by atoms with Crippen LogP contribution in [0.5, 0.6) is 5.75 Å². The lowest BCUT2D eigenvalue weighted by Crippen LogP contribution is -2.04. The van der Waals surface area contributed by atoms with Crippen LogP contribution in [0.1, 0.15) is 30.2 Å². The molecule has 0 atom stereocenters. The Hall–Kier alpha value is -1.62. The molecule has 1 N–H and O–H groups in total. The van der Waals surface area contributed by atoms with E-state index in [9.17, 15) is 4.79 Å². The van der Waals surface area contributed by atoms with Crippen molar-refractivity contribution in [1.82, 2.24) is 4.98 Å². The van der Waals surface area contributed by atoms with Crippen LogP contribution in [0, 0.1) is 0 Å². The van der Waals surface area contributed by atoms with Gasteiger partial charge in [-0.05, 0) is 31.0 Å². The van der Waals surface area contributed by atoms with Crippen molar-refractivity contribution >= 4 is 27.5 Å². The van der Waals surface area contributed by atoms with Crippen LogP contribution in [0.25, 0.3) is 10.2 Å². The number of carbonyl (C=O) groups is 1. The first-order valence-corrected chi connectivity index (χ1v) is 6.79. The van der Waals surface area contributed by atoms with Gasteiger partial charge in [0.2, 0.25) is 0 Å². The number of nitrogens with zero attached hydrogens (tertiary/aromatic N) is 1. The molecule has 0 amide bonds. The van der Waals surface area contributed by atoms with Gasteiger partial charge in [-0.15, -0.1) is 11.3 Å². The molecule has 0 aliphatic heterocycles. The van der Waals surface area contributed by atoms with E-state index in [1.807, 2.05) is 18.2 Å². The second kappa shape index (κ2) is 4.57. The van der Waals surface area contributed by atoms with Crippen molar-refractivity contribution in [2.45, 2.75) is 25.2 Å². The van der Waals surface area contributed by atoms with Gasteiger partial charge in [-0.1, -0.05) is 0 Å². The van der Waals surface area contributed by atoms with Gasteiger partial charge in [-0.2, -0.15) is 0 Å². The molecule has 1 aliphatic rings. The molecule has 5 heteroatoms. The molecule has 1 aliphatic carbocycles. The summed E-state index contributed by atoms with van der Waals surface area (Å²) >= 11 is 1.71. The first-order valence-electron chi connectivity index (χ1n) is 5.97. The molecule has 0 spiro atoms. The smallest absolute Gasteiger partial charge is 0.306 e. The lowest BCUT2D eigenvalue weighted by molar-refractivity contribution is -0.137. The monoisotopic (exact) mass is 263 g/mol. The van der Waals surface area contributed by atoms with Crippen LogP contribution in [0.3, 0.4) is 0 Å². The van der Waals surface area contributed by atoms with Gasteiger partial charge >= 0.3 is 5.97 Å². The van der Waals surface area contributed by atoms with Gasteiger partial charge in [0.25, 0.3) is 0 Å². The molecule has 4 nitrogen and oxygen atoms in total. The number of ether oxygens (including phenoxy) is 1. The topological polar surface area (TPSA) is 59.4 Å². The maximum atomic E-state index is 10.4. The Morgan fingerprint density at radius 3 is 3.06 bits per heavy atom. The zero-order chi connectivity index (χ0) is 12.5. The average molecular weight is 263 g/mol. The fraction of sp³-hybridized carbons (Fsp3) is 0.385. The molecule has 1 saturated carbocycles. The second-order valence-corrected chi connectivity index (χ2v) is 5.51. The molecule has 1 fully saturated rings. The molecule has 1 heterocycles. The number of thiazole rings is 1. The van der Waals surface area contributed by atoms with Crippen LogP contribution < -0.4 is 4.74 Å². The largest absolute Gasteiger partial charge is 0.493 e. The van der Waals surface area contributed by atoms with Crippen LogP contribution >= 0.6 is 11.3 Å². The number of fused-ring (bicyclic) bond motifs is 1. The quantitative estimate of drug-likeness (QED) is 0.900. The van der Waals surface area contributed by atoms with Crippen molar-refractivity contribution in [2.24, 2.45) is 0 Å². The Morgan fingerprint density at radius 1 is 1.50 bits per heavy atom. The normalized spacial score (nSPS) is 14.9. The summed E-state index contributed by atoms with van der Waals surface area (Å²) < 4.78 is 6.52. The van der Waals surface area contributed by atoms with Crippen LogP contribution in [0.4, 0.5) is 0 Å². The van der Waals surface area contributed by atoms with E-state index in [0.29, 0.717) is 5.92 Å². The molecule has 0 unspecified atom stereocenters. The van der Waals surface area contributed by atoms with Crippen molar-refractivity contribution in [1.29, 1.82) is 0 Å². The second-order valence-electron chi connectivity index (χ2n) is 4.45. The third-order valence-electron chi connectivity index (χ3n) is 2.89. The van der Waals surface area contributed by atoms with Crippen LogP contribution in [-0.2, 0) is 4.79 Å². The maximum absolute atomic E-state index is 10.4. The van der Waals surface area contributed by atoms with Gasteiger partial charge in [-0.3, -0.25) is 4.79 Å². The fourth-order valence-corrected chi connectivity index (χ4v) is 2.94. The van der Waals surface area contributed by atoms with Gasteiger partial charge in [-0.25, -0.2) is 4.98 Å². The number of hydrogen-bond acceptors (Lipinski definition) is 4. The number of benzene rings is 1. The number of carboxylic acids is 1. The van der Waals surface area contributed by atoms with Gasteiger partial charge in [0.15, 0.2) is 0 Å². The van der Waals surface area contributed by atoms with E-state index >= 15 is 0 Å². The summed E-state index contributed by atoms with van der Waals surface area (Å²) in [7, 11) is 0. The van der Waals surface area contributed by atoms with Crippen molar-refractivity contribution in [3.05, 3.63) is 23.2 Å². The zero-order valence-electron chi connectivity index (χ0n) is 9.76. The van der Waals surface area contributed by atoms with Crippen molar-refractivity contribution in [2.75, 3.05) is 6.61 Å². The minimum atomic E-state index is -0.843. The highest BCUT2D eigenvalue weighted by Crippen LogP contribution is 2.43. The predicted molar refractivity (Wildman–Crippen MR) is 69.3 cm³/mol. The summed E-state index contributed by atoms with van der Waals surface area (Å²) in [6.07, 6.45) is 2.53. The summed E-state index contributed by atoms with van der Waals surface area (Å²) in [6, 6.07) is 5.73. The summed E-state index contributed by atoms with van der Waals surface area (Å²) in [5.74, 6) is 0.540. The molecule has 3 rings (SSSR count). The molecule has 94 valence electrons. The Labute approximate surface area is 108 Å². The lowest BCUT2D eigenvalue weighted by atomic mass is 10.3. The molecule has 1 aromatic carbocycles. The third kappa shape index (κ3) is 2.46.